The van der Waals surface area contributed by atoms with E-state index in [1.807, 2.05) is 7.05 Å². The molecule has 1 heterocycles. The van der Waals surface area contributed by atoms with Crippen LogP contribution in [0.2, 0.25) is 0 Å². The summed E-state index contributed by atoms with van der Waals surface area (Å²) < 4.78 is 13.8. The molecule has 0 radical (unpaired) electrons. The van der Waals surface area contributed by atoms with E-state index in [4.69, 9.17) is 0 Å². The maximum atomic E-state index is 13.0. The zero-order valence-electron chi connectivity index (χ0n) is 9.90. The molecule has 0 bridgehead atoms. The largest absolute Gasteiger partial charge is 0.310 e. The van der Waals surface area contributed by atoms with E-state index in [2.05, 4.69) is 31.2 Å². The van der Waals surface area contributed by atoms with Gasteiger partial charge in [-0.1, -0.05) is 22.0 Å². The molecular formula is C13H13BrFN3. The third-order valence-corrected chi connectivity index (χ3v) is 3.42. The predicted molar refractivity (Wildman–Crippen MR) is 71.6 cm³/mol. The third-order valence-electron chi connectivity index (χ3n) is 2.69. The summed E-state index contributed by atoms with van der Waals surface area (Å²) in [7, 11) is 1.86. The fraction of sp³-hybridized carbons (Fsp3) is 0.231. The van der Waals surface area contributed by atoms with Crippen molar-refractivity contribution in [3.8, 4) is 0 Å². The first-order chi connectivity index (χ1) is 8.70. The van der Waals surface area contributed by atoms with Gasteiger partial charge in [-0.15, -0.1) is 0 Å². The molecular weight excluding hydrogens is 297 g/mol. The lowest BCUT2D eigenvalue weighted by Crippen LogP contribution is -2.21. The summed E-state index contributed by atoms with van der Waals surface area (Å²) in [6.07, 6.45) is 4.13. The maximum absolute atomic E-state index is 13.0. The molecule has 18 heavy (non-hydrogen) atoms. The lowest BCUT2D eigenvalue weighted by atomic mass is 10.1. The van der Waals surface area contributed by atoms with Crippen LogP contribution in [0, 0.1) is 5.82 Å². The van der Waals surface area contributed by atoms with Crippen LogP contribution < -0.4 is 5.32 Å². The fourth-order valence-electron chi connectivity index (χ4n) is 1.72. The van der Waals surface area contributed by atoms with Gasteiger partial charge in [0.1, 0.15) is 11.6 Å². The van der Waals surface area contributed by atoms with E-state index in [1.54, 1.807) is 24.5 Å². The second-order valence-corrected chi connectivity index (χ2v) is 4.74. The lowest BCUT2D eigenvalue weighted by Gasteiger charge is -2.15. The molecule has 0 aliphatic rings. The zero-order valence-corrected chi connectivity index (χ0v) is 11.5. The van der Waals surface area contributed by atoms with Crippen molar-refractivity contribution in [3.05, 3.63) is 58.3 Å². The Morgan fingerprint density at radius 3 is 2.67 bits per heavy atom. The van der Waals surface area contributed by atoms with Gasteiger partial charge in [0.05, 0.1) is 6.04 Å². The van der Waals surface area contributed by atoms with Crippen LogP contribution in [0.3, 0.4) is 0 Å². The summed E-state index contributed by atoms with van der Waals surface area (Å²) >= 11 is 3.37. The van der Waals surface area contributed by atoms with Crippen LogP contribution in [0.4, 0.5) is 4.39 Å². The molecule has 0 amide bonds. The Labute approximate surface area is 114 Å². The molecule has 0 aliphatic carbocycles. The zero-order chi connectivity index (χ0) is 13.0. The number of hydrogen-bond donors (Lipinski definition) is 1. The van der Waals surface area contributed by atoms with Gasteiger partial charge in [0.15, 0.2) is 0 Å². The van der Waals surface area contributed by atoms with Gasteiger partial charge in [0, 0.05) is 16.9 Å². The second kappa shape index (κ2) is 6.02. The monoisotopic (exact) mass is 309 g/mol. The van der Waals surface area contributed by atoms with E-state index < -0.39 is 0 Å². The molecule has 0 spiro atoms. The van der Waals surface area contributed by atoms with E-state index in [1.165, 1.54) is 12.1 Å². The molecule has 1 atom stereocenters. The van der Waals surface area contributed by atoms with E-state index in [0.29, 0.717) is 6.42 Å². The van der Waals surface area contributed by atoms with Crippen LogP contribution in [0.1, 0.15) is 17.4 Å². The number of rotatable bonds is 4. The van der Waals surface area contributed by atoms with E-state index >= 15 is 0 Å². The predicted octanol–water partition coefficient (Wildman–Crippen LogP) is 2.88. The smallest absolute Gasteiger partial charge is 0.145 e. The molecule has 0 saturated carbocycles. The van der Waals surface area contributed by atoms with Gasteiger partial charge in [-0.2, -0.15) is 0 Å². The summed E-state index contributed by atoms with van der Waals surface area (Å²) in [4.78, 5) is 8.46. The average molecular weight is 310 g/mol. The molecule has 0 aliphatic heterocycles. The van der Waals surface area contributed by atoms with Crippen molar-refractivity contribution in [1.29, 1.82) is 0 Å². The summed E-state index contributed by atoms with van der Waals surface area (Å²) in [5.41, 5.74) is 1.02. The molecule has 1 aromatic carbocycles. The Kier molecular flexibility index (Phi) is 4.38. The Bertz CT molecular complexity index is 519. The second-order valence-electron chi connectivity index (χ2n) is 3.89. The van der Waals surface area contributed by atoms with Gasteiger partial charge in [0.2, 0.25) is 0 Å². The topological polar surface area (TPSA) is 37.8 Å². The van der Waals surface area contributed by atoms with Crippen molar-refractivity contribution in [2.24, 2.45) is 0 Å². The Balaban J connectivity index is 2.21. The molecule has 2 aromatic rings. The minimum absolute atomic E-state index is 0.00737. The van der Waals surface area contributed by atoms with Crippen molar-refractivity contribution < 1.29 is 4.39 Å². The summed E-state index contributed by atoms with van der Waals surface area (Å²) in [5, 5.41) is 3.17. The number of likely N-dealkylation sites (N-methyl/N-ethyl adjacent to an activating group) is 1. The molecule has 1 N–H and O–H groups in total. The molecule has 1 aromatic heterocycles. The molecule has 0 saturated heterocycles. The highest BCUT2D eigenvalue weighted by atomic mass is 79.9. The van der Waals surface area contributed by atoms with Crippen molar-refractivity contribution in [2.75, 3.05) is 7.05 Å². The maximum Gasteiger partial charge on any atom is 0.145 e. The van der Waals surface area contributed by atoms with Crippen molar-refractivity contribution in [3.63, 3.8) is 0 Å². The normalized spacial score (nSPS) is 12.4. The number of nitrogens with one attached hydrogen (secondary N) is 1. The summed E-state index contributed by atoms with van der Waals surface area (Å²) in [6.45, 7) is 0. The highest BCUT2D eigenvalue weighted by molar-refractivity contribution is 9.10. The summed E-state index contributed by atoms with van der Waals surface area (Å²) in [5.74, 6) is 0.485. The number of nitrogens with zero attached hydrogens (tertiary/aromatic N) is 2. The number of aromatic nitrogens is 2. The molecule has 2 rings (SSSR count). The molecule has 0 fully saturated rings. The van der Waals surface area contributed by atoms with Gasteiger partial charge in [-0.25, -0.2) is 14.4 Å². The minimum atomic E-state index is -0.248. The molecule has 1 unspecified atom stereocenters. The van der Waals surface area contributed by atoms with Crippen LogP contribution in [-0.2, 0) is 6.42 Å². The quantitative estimate of drug-likeness (QED) is 0.943. The van der Waals surface area contributed by atoms with Crippen LogP contribution >= 0.6 is 15.9 Å². The standard InChI is InChI=1S/C13H13BrFN3/c1-16-12(13-17-5-2-6-18-13)7-9-3-4-10(15)8-11(9)14/h2-6,8,12,16H,7H2,1H3. The minimum Gasteiger partial charge on any atom is -0.310 e. The van der Waals surface area contributed by atoms with Crippen molar-refractivity contribution >= 4 is 15.9 Å². The first-order valence-corrected chi connectivity index (χ1v) is 6.38. The van der Waals surface area contributed by atoms with Crippen LogP contribution in [0.25, 0.3) is 0 Å². The first kappa shape index (κ1) is 13.1. The Morgan fingerprint density at radius 1 is 1.33 bits per heavy atom. The van der Waals surface area contributed by atoms with Gasteiger partial charge < -0.3 is 5.32 Å². The van der Waals surface area contributed by atoms with Crippen LogP contribution in [0.15, 0.2) is 41.1 Å². The van der Waals surface area contributed by atoms with Gasteiger partial charge in [0.25, 0.3) is 0 Å². The van der Waals surface area contributed by atoms with Crippen molar-refractivity contribution in [2.45, 2.75) is 12.5 Å². The third kappa shape index (κ3) is 3.11. The summed E-state index contributed by atoms with van der Waals surface area (Å²) in [6, 6.07) is 6.48. The van der Waals surface area contributed by atoms with Gasteiger partial charge in [-0.3, -0.25) is 0 Å². The van der Waals surface area contributed by atoms with E-state index in [-0.39, 0.29) is 11.9 Å². The SMILES string of the molecule is CNC(Cc1ccc(F)cc1Br)c1ncccn1. The van der Waals surface area contributed by atoms with E-state index in [9.17, 15) is 4.39 Å². The van der Waals surface area contributed by atoms with Crippen molar-refractivity contribution in [1.82, 2.24) is 15.3 Å². The van der Waals surface area contributed by atoms with Crippen LogP contribution in [0.5, 0.6) is 0 Å². The highest BCUT2D eigenvalue weighted by Gasteiger charge is 2.14. The molecule has 5 heteroatoms. The van der Waals surface area contributed by atoms with Crippen LogP contribution in [-0.4, -0.2) is 17.0 Å². The Hall–Kier alpha value is -1.33. The average Bonchev–Trinajstić information content (AvgIpc) is 2.39. The highest BCUT2D eigenvalue weighted by Crippen LogP contribution is 2.23. The number of benzene rings is 1. The number of hydrogen-bond acceptors (Lipinski definition) is 3. The Morgan fingerprint density at radius 2 is 2.06 bits per heavy atom. The van der Waals surface area contributed by atoms with Gasteiger partial charge in [-0.05, 0) is 37.2 Å². The fourth-order valence-corrected chi connectivity index (χ4v) is 2.23. The first-order valence-electron chi connectivity index (χ1n) is 5.59. The molecule has 3 nitrogen and oxygen atoms in total. The van der Waals surface area contributed by atoms with Gasteiger partial charge >= 0.3 is 0 Å². The molecule has 94 valence electrons. The number of halogens is 2. The van der Waals surface area contributed by atoms with E-state index in [0.717, 1.165) is 15.9 Å². The lowest BCUT2D eigenvalue weighted by molar-refractivity contribution is 0.554.